The van der Waals surface area contributed by atoms with Crippen molar-refractivity contribution in [3.63, 3.8) is 0 Å². The van der Waals surface area contributed by atoms with Crippen molar-refractivity contribution in [2.24, 2.45) is 13.0 Å². The van der Waals surface area contributed by atoms with Crippen LogP contribution in [0.2, 0.25) is 0 Å². The molecule has 0 fully saturated rings. The van der Waals surface area contributed by atoms with Crippen LogP contribution >= 0.6 is 11.8 Å². The summed E-state index contributed by atoms with van der Waals surface area (Å²) in [6.07, 6.45) is 4.96. The Hall–Kier alpha value is -1.76. The second kappa shape index (κ2) is 8.92. The van der Waals surface area contributed by atoms with Crippen LogP contribution in [-0.2, 0) is 11.8 Å². The molecule has 2 aromatic heterocycles. The quantitative estimate of drug-likeness (QED) is 0.701. The summed E-state index contributed by atoms with van der Waals surface area (Å²) in [6, 6.07) is 3.85. The summed E-state index contributed by atoms with van der Waals surface area (Å²) >= 11 is 1.38. The second-order valence-corrected chi connectivity index (χ2v) is 7.37. The Bertz CT molecular complexity index is 637. The van der Waals surface area contributed by atoms with Crippen LogP contribution < -0.4 is 5.32 Å². The first kappa shape index (κ1) is 18.6. The van der Waals surface area contributed by atoms with Crippen LogP contribution in [0.5, 0.6) is 0 Å². The lowest BCUT2D eigenvalue weighted by Gasteiger charge is -2.14. The van der Waals surface area contributed by atoms with Gasteiger partial charge < -0.3 is 14.3 Å². The van der Waals surface area contributed by atoms with E-state index in [9.17, 15) is 4.79 Å². The Kier molecular flexibility index (Phi) is 6.90. The maximum Gasteiger partial charge on any atom is 0.230 e. The maximum atomic E-state index is 12.1. The van der Waals surface area contributed by atoms with Gasteiger partial charge >= 0.3 is 0 Å². The van der Waals surface area contributed by atoms with E-state index in [1.807, 2.05) is 23.7 Å². The molecule has 0 radical (unpaired) electrons. The molecule has 1 atom stereocenters. The van der Waals surface area contributed by atoms with Gasteiger partial charge in [0, 0.05) is 13.1 Å². The molecule has 1 N–H and O–H groups in total. The van der Waals surface area contributed by atoms with Gasteiger partial charge in [-0.3, -0.25) is 4.79 Å². The molecule has 0 spiro atoms. The third-order valence-corrected chi connectivity index (χ3v) is 4.76. The van der Waals surface area contributed by atoms with Crippen molar-refractivity contribution in [1.29, 1.82) is 0 Å². The van der Waals surface area contributed by atoms with Crippen molar-refractivity contribution in [3.05, 3.63) is 18.4 Å². The molecule has 0 saturated heterocycles. The fourth-order valence-electron chi connectivity index (χ4n) is 2.41. The van der Waals surface area contributed by atoms with E-state index in [4.69, 9.17) is 4.42 Å². The lowest BCUT2D eigenvalue weighted by molar-refractivity contribution is -0.119. The summed E-state index contributed by atoms with van der Waals surface area (Å²) < 4.78 is 7.17. The Morgan fingerprint density at radius 3 is 2.79 bits per heavy atom. The number of nitrogens with zero attached hydrogens (tertiary/aromatic N) is 3. The normalized spacial score (nSPS) is 12.5. The van der Waals surface area contributed by atoms with Crippen molar-refractivity contribution in [1.82, 2.24) is 20.1 Å². The summed E-state index contributed by atoms with van der Waals surface area (Å²) in [4.78, 5) is 12.1. The highest BCUT2D eigenvalue weighted by molar-refractivity contribution is 7.99. The zero-order chi connectivity index (χ0) is 17.5. The number of aromatic nitrogens is 3. The molecule has 0 aliphatic rings. The molecule has 1 amide bonds. The van der Waals surface area contributed by atoms with Gasteiger partial charge in [-0.25, -0.2) is 0 Å². The van der Waals surface area contributed by atoms with Gasteiger partial charge in [0.1, 0.15) is 0 Å². The number of furan rings is 1. The monoisotopic (exact) mass is 350 g/mol. The minimum Gasteiger partial charge on any atom is -0.461 e. The molecule has 2 aromatic rings. The summed E-state index contributed by atoms with van der Waals surface area (Å²) in [5.41, 5.74) is 0. The highest BCUT2D eigenvalue weighted by Crippen LogP contribution is 2.22. The number of hydrogen-bond donors (Lipinski definition) is 1. The standard InChI is InChI=1S/C17H26N4O2S/c1-12(2)7-5-8-13(3)18-15(22)11-24-17-20-19-16(21(17)4)14-9-6-10-23-14/h6,9-10,12-13H,5,7-8,11H2,1-4H3,(H,18,22). The van der Waals surface area contributed by atoms with E-state index in [1.165, 1.54) is 18.2 Å². The van der Waals surface area contributed by atoms with Crippen molar-refractivity contribution in [2.45, 2.75) is 51.2 Å². The minimum absolute atomic E-state index is 0.0274. The summed E-state index contributed by atoms with van der Waals surface area (Å²) in [5.74, 6) is 2.39. The van der Waals surface area contributed by atoms with Gasteiger partial charge in [-0.2, -0.15) is 0 Å². The molecule has 0 saturated carbocycles. The molecule has 0 aliphatic heterocycles. The molecule has 7 heteroatoms. The van der Waals surface area contributed by atoms with E-state index in [0.717, 1.165) is 12.8 Å². The van der Waals surface area contributed by atoms with Crippen LogP contribution in [0, 0.1) is 5.92 Å². The third-order valence-electron chi connectivity index (χ3n) is 3.73. The van der Waals surface area contributed by atoms with Crippen LogP contribution in [0.1, 0.15) is 40.0 Å². The average molecular weight is 350 g/mol. The SMILES string of the molecule is CC(C)CCCC(C)NC(=O)CSc1nnc(-c2ccco2)n1C. The molecular formula is C17H26N4O2S. The molecular weight excluding hydrogens is 324 g/mol. The Morgan fingerprint density at radius 1 is 1.33 bits per heavy atom. The highest BCUT2D eigenvalue weighted by Gasteiger charge is 2.15. The fourth-order valence-corrected chi connectivity index (χ4v) is 3.13. The molecule has 1 unspecified atom stereocenters. The molecule has 24 heavy (non-hydrogen) atoms. The predicted molar refractivity (Wildman–Crippen MR) is 95.7 cm³/mol. The molecule has 6 nitrogen and oxygen atoms in total. The minimum atomic E-state index is 0.0274. The molecule has 0 aromatic carbocycles. The lowest BCUT2D eigenvalue weighted by Crippen LogP contribution is -2.33. The number of rotatable bonds is 9. The van der Waals surface area contributed by atoms with Crippen molar-refractivity contribution in [3.8, 4) is 11.6 Å². The van der Waals surface area contributed by atoms with Gasteiger partial charge in [0.25, 0.3) is 0 Å². The van der Waals surface area contributed by atoms with E-state index in [2.05, 4.69) is 36.3 Å². The van der Waals surface area contributed by atoms with Crippen LogP contribution in [0.4, 0.5) is 0 Å². The summed E-state index contributed by atoms with van der Waals surface area (Å²) in [5, 5.41) is 12.0. The molecule has 0 aliphatic carbocycles. The zero-order valence-corrected chi connectivity index (χ0v) is 15.6. The first-order valence-corrected chi connectivity index (χ1v) is 9.31. The number of thioether (sulfide) groups is 1. The Balaban J connectivity index is 1.78. The Labute approximate surface area is 147 Å². The van der Waals surface area contributed by atoms with Gasteiger partial charge in [-0.1, -0.05) is 38.5 Å². The van der Waals surface area contributed by atoms with Crippen molar-refractivity contribution in [2.75, 3.05) is 5.75 Å². The zero-order valence-electron chi connectivity index (χ0n) is 14.8. The van der Waals surface area contributed by atoms with Gasteiger partial charge in [0.05, 0.1) is 12.0 Å². The molecule has 2 heterocycles. The van der Waals surface area contributed by atoms with Gasteiger partial charge in [-0.05, 0) is 31.4 Å². The molecule has 0 bridgehead atoms. The summed E-state index contributed by atoms with van der Waals surface area (Å²) in [7, 11) is 1.87. The summed E-state index contributed by atoms with van der Waals surface area (Å²) in [6.45, 7) is 6.50. The average Bonchev–Trinajstić information content (AvgIpc) is 3.14. The topological polar surface area (TPSA) is 73.0 Å². The number of nitrogens with one attached hydrogen (secondary N) is 1. The number of carbonyl (C=O) groups is 1. The van der Waals surface area contributed by atoms with E-state index in [0.29, 0.717) is 28.4 Å². The molecule has 2 rings (SSSR count). The fraction of sp³-hybridized carbons (Fsp3) is 0.588. The van der Waals surface area contributed by atoms with Crippen LogP contribution in [0.25, 0.3) is 11.6 Å². The van der Waals surface area contributed by atoms with Crippen LogP contribution in [0.15, 0.2) is 28.0 Å². The third kappa shape index (κ3) is 5.40. The number of hydrogen-bond acceptors (Lipinski definition) is 5. The van der Waals surface area contributed by atoms with E-state index >= 15 is 0 Å². The van der Waals surface area contributed by atoms with Crippen molar-refractivity contribution < 1.29 is 9.21 Å². The van der Waals surface area contributed by atoms with Crippen LogP contribution in [-0.4, -0.2) is 32.5 Å². The lowest BCUT2D eigenvalue weighted by atomic mass is 10.0. The Morgan fingerprint density at radius 2 is 2.12 bits per heavy atom. The van der Waals surface area contributed by atoms with Crippen molar-refractivity contribution >= 4 is 17.7 Å². The van der Waals surface area contributed by atoms with E-state index in [1.54, 1.807) is 6.26 Å². The van der Waals surface area contributed by atoms with Gasteiger partial charge in [0.15, 0.2) is 16.7 Å². The van der Waals surface area contributed by atoms with Crippen LogP contribution in [0.3, 0.4) is 0 Å². The van der Waals surface area contributed by atoms with Gasteiger partial charge in [-0.15, -0.1) is 10.2 Å². The largest absolute Gasteiger partial charge is 0.461 e. The first-order chi connectivity index (χ1) is 11.5. The maximum absolute atomic E-state index is 12.1. The highest BCUT2D eigenvalue weighted by atomic mass is 32.2. The predicted octanol–water partition coefficient (Wildman–Crippen LogP) is 3.50. The first-order valence-electron chi connectivity index (χ1n) is 8.32. The number of amides is 1. The number of carbonyl (C=O) groups excluding carboxylic acids is 1. The smallest absolute Gasteiger partial charge is 0.230 e. The van der Waals surface area contributed by atoms with E-state index in [-0.39, 0.29) is 11.9 Å². The second-order valence-electron chi connectivity index (χ2n) is 6.42. The van der Waals surface area contributed by atoms with Gasteiger partial charge in [0.2, 0.25) is 5.91 Å². The molecule has 132 valence electrons. The van der Waals surface area contributed by atoms with E-state index < -0.39 is 0 Å².